The third kappa shape index (κ3) is 1.97. The monoisotopic (exact) mass is 245 g/mol. The van der Waals surface area contributed by atoms with Gasteiger partial charge in [-0.15, -0.1) is 0 Å². The minimum atomic E-state index is 0.399. The largest absolute Gasteiger partial charge is 0.369 e. The van der Waals surface area contributed by atoms with Crippen LogP contribution in [-0.2, 0) is 0 Å². The van der Waals surface area contributed by atoms with Crippen molar-refractivity contribution in [2.45, 2.75) is 19.8 Å². The molecule has 1 saturated heterocycles. The number of nitrogens with zero attached hydrogens (tertiary/aromatic N) is 2. The zero-order chi connectivity index (χ0) is 12.5. The summed E-state index contributed by atoms with van der Waals surface area (Å²) >= 11 is 0. The van der Waals surface area contributed by atoms with Crippen molar-refractivity contribution in [1.82, 2.24) is 10.5 Å². The minimum Gasteiger partial charge on any atom is -0.369 e. The lowest BCUT2D eigenvalue weighted by atomic mass is 10.1. The zero-order valence-electron chi connectivity index (χ0n) is 10.9. The normalized spacial score (nSPS) is 16.7. The Morgan fingerprint density at radius 3 is 2.78 bits per heavy atom. The first-order valence-corrected chi connectivity index (χ1v) is 6.60. The molecule has 0 amide bonds. The van der Waals surface area contributed by atoms with Crippen LogP contribution in [0.5, 0.6) is 0 Å². The third-order valence-corrected chi connectivity index (χ3v) is 3.51. The molecule has 4 heteroatoms. The van der Waals surface area contributed by atoms with Gasteiger partial charge in [0.15, 0.2) is 5.58 Å². The van der Waals surface area contributed by atoms with Crippen molar-refractivity contribution in [2.24, 2.45) is 0 Å². The Kier molecular flexibility index (Phi) is 2.96. The Hall–Kier alpha value is -1.55. The highest BCUT2D eigenvalue weighted by atomic mass is 16.5. The van der Waals surface area contributed by atoms with E-state index in [0.717, 1.165) is 42.8 Å². The fourth-order valence-electron chi connectivity index (χ4n) is 2.48. The van der Waals surface area contributed by atoms with Gasteiger partial charge in [0.05, 0.1) is 5.69 Å². The van der Waals surface area contributed by atoms with E-state index in [2.05, 4.69) is 47.4 Å². The van der Waals surface area contributed by atoms with E-state index in [1.807, 2.05) is 0 Å². The quantitative estimate of drug-likeness (QED) is 0.882. The van der Waals surface area contributed by atoms with Gasteiger partial charge in [-0.25, -0.2) is 0 Å². The third-order valence-electron chi connectivity index (χ3n) is 3.51. The van der Waals surface area contributed by atoms with Crippen molar-refractivity contribution in [3.05, 3.63) is 23.9 Å². The van der Waals surface area contributed by atoms with Gasteiger partial charge in [-0.2, -0.15) is 0 Å². The Balaban J connectivity index is 1.96. The van der Waals surface area contributed by atoms with E-state index in [1.54, 1.807) is 0 Å². The topological polar surface area (TPSA) is 41.3 Å². The Morgan fingerprint density at radius 1 is 1.28 bits per heavy atom. The molecule has 3 rings (SSSR count). The van der Waals surface area contributed by atoms with Gasteiger partial charge >= 0.3 is 0 Å². The summed E-state index contributed by atoms with van der Waals surface area (Å²) in [4.78, 5) is 2.38. The predicted molar refractivity (Wildman–Crippen MR) is 73.2 cm³/mol. The summed E-state index contributed by atoms with van der Waals surface area (Å²) < 4.78 is 5.45. The van der Waals surface area contributed by atoms with E-state index in [9.17, 15) is 0 Å². The number of anilines is 1. The molecule has 0 radical (unpaired) electrons. The molecule has 1 fully saturated rings. The molecule has 2 heterocycles. The van der Waals surface area contributed by atoms with Gasteiger partial charge < -0.3 is 14.7 Å². The molecule has 4 nitrogen and oxygen atoms in total. The summed E-state index contributed by atoms with van der Waals surface area (Å²) in [6, 6.07) is 6.43. The summed E-state index contributed by atoms with van der Waals surface area (Å²) in [5.41, 5.74) is 3.18. The number of aromatic nitrogens is 1. The molecule has 2 aromatic rings. The van der Waals surface area contributed by atoms with Gasteiger partial charge in [0, 0.05) is 43.3 Å². The zero-order valence-corrected chi connectivity index (χ0v) is 10.9. The second-order valence-corrected chi connectivity index (χ2v) is 5.14. The van der Waals surface area contributed by atoms with Crippen molar-refractivity contribution in [3.63, 3.8) is 0 Å². The molecule has 1 aromatic carbocycles. The van der Waals surface area contributed by atoms with Crippen molar-refractivity contribution in [2.75, 3.05) is 31.1 Å². The van der Waals surface area contributed by atoms with E-state index >= 15 is 0 Å². The maximum Gasteiger partial charge on any atom is 0.169 e. The summed E-state index contributed by atoms with van der Waals surface area (Å²) in [5, 5.41) is 8.68. The Bertz CT molecular complexity index is 541. The molecule has 1 aliphatic heterocycles. The van der Waals surface area contributed by atoms with E-state index in [1.165, 1.54) is 5.69 Å². The van der Waals surface area contributed by atoms with Crippen LogP contribution in [0.1, 0.15) is 25.5 Å². The molecular weight excluding hydrogens is 226 g/mol. The van der Waals surface area contributed by atoms with Crippen LogP contribution in [0, 0.1) is 0 Å². The standard InChI is InChI=1S/C14H19N3O/c1-10(2)14-12-4-3-11(9-13(12)18-16-14)17-7-5-15-6-8-17/h3-4,9-10,15H,5-8H2,1-2H3. The maximum absolute atomic E-state index is 5.45. The SMILES string of the molecule is CC(C)c1noc2cc(N3CCNCC3)ccc12. The first kappa shape index (κ1) is 11.5. The number of piperazine rings is 1. The van der Waals surface area contributed by atoms with Gasteiger partial charge in [-0.3, -0.25) is 0 Å². The summed E-state index contributed by atoms with van der Waals surface area (Å²) in [5.74, 6) is 0.399. The highest BCUT2D eigenvalue weighted by Crippen LogP contribution is 2.28. The van der Waals surface area contributed by atoms with Gasteiger partial charge in [-0.05, 0) is 18.1 Å². The Labute approximate surface area is 107 Å². The van der Waals surface area contributed by atoms with Crippen LogP contribution < -0.4 is 10.2 Å². The lowest BCUT2D eigenvalue weighted by Crippen LogP contribution is -2.43. The molecule has 0 atom stereocenters. The number of benzene rings is 1. The van der Waals surface area contributed by atoms with Crippen LogP contribution in [0.15, 0.2) is 22.7 Å². The van der Waals surface area contributed by atoms with Crippen LogP contribution >= 0.6 is 0 Å². The van der Waals surface area contributed by atoms with E-state index in [-0.39, 0.29) is 0 Å². The van der Waals surface area contributed by atoms with E-state index in [0.29, 0.717) is 5.92 Å². The average molecular weight is 245 g/mol. The van der Waals surface area contributed by atoms with Crippen LogP contribution in [-0.4, -0.2) is 31.3 Å². The van der Waals surface area contributed by atoms with Gasteiger partial charge in [0.2, 0.25) is 0 Å². The first-order valence-electron chi connectivity index (χ1n) is 6.60. The first-order chi connectivity index (χ1) is 8.75. The maximum atomic E-state index is 5.45. The second-order valence-electron chi connectivity index (χ2n) is 5.14. The Morgan fingerprint density at radius 2 is 2.06 bits per heavy atom. The van der Waals surface area contributed by atoms with Crippen molar-refractivity contribution >= 4 is 16.7 Å². The van der Waals surface area contributed by atoms with Crippen molar-refractivity contribution in [1.29, 1.82) is 0 Å². The van der Waals surface area contributed by atoms with E-state index < -0.39 is 0 Å². The fraction of sp³-hybridized carbons (Fsp3) is 0.500. The van der Waals surface area contributed by atoms with E-state index in [4.69, 9.17) is 4.52 Å². The van der Waals surface area contributed by atoms with Crippen LogP contribution in [0.25, 0.3) is 11.0 Å². The molecule has 0 spiro atoms. The van der Waals surface area contributed by atoms with Crippen LogP contribution in [0.2, 0.25) is 0 Å². The smallest absolute Gasteiger partial charge is 0.169 e. The van der Waals surface area contributed by atoms with Crippen LogP contribution in [0.4, 0.5) is 5.69 Å². The highest BCUT2D eigenvalue weighted by molar-refractivity contribution is 5.83. The molecule has 1 N–H and O–H groups in total. The number of hydrogen-bond acceptors (Lipinski definition) is 4. The second kappa shape index (κ2) is 4.61. The lowest BCUT2D eigenvalue weighted by molar-refractivity contribution is 0.441. The summed E-state index contributed by atoms with van der Waals surface area (Å²) in [6.07, 6.45) is 0. The fourth-order valence-corrected chi connectivity index (χ4v) is 2.48. The van der Waals surface area contributed by atoms with Crippen molar-refractivity contribution < 1.29 is 4.52 Å². The molecule has 1 aliphatic rings. The average Bonchev–Trinajstić information content (AvgIpc) is 2.82. The van der Waals surface area contributed by atoms with Gasteiger partial charge in [-0.1, -0.05) is 19.0 Å². The molecular formula is C14H19N3O. The molecule has 1 aromatic heterocycles. The molecule has 0 saturated carbocycles. The number of hydrogen-bond donors (Lipinski definition) is 1. The molecule has 0 aliphatic carbocycles. The summed E-state index contributed by atoms with van der Waals surface area (Å²) in [6.45, 7) is 8.48. The molecule has 18 heavy (non-hydrogen) atoms. The minimum absolute atomic E-state index is 0.399. The predicted octanol–water partition coefficient (Wildman–Crippen LogP) is 2.36. The number of fused-ring (bicyclic) bond motifs is 1. The highest BCUT2D eigenvalue weighted by Gasteiger charge is 2.15. The van der Waals surface area contributed by atoms with Crippen molar-refractivity contribution in [3.8, 4) is 0 Å². The van der Waals surface area contributed by atoms with Gasteiger partial charge in [0.1, 0.15) is 0 Å². The molecule has 96 valence electrons. The molecule has 0 bridgehead atoms. The van der Waals surface area contributed by atoms with Gasteiger partial charge in [0.25, 0.3) is 0 Å². The van der Waals surface area contributed by atoms with Crippen LogP contribution in [0.3, 0.4) is 0 Å². The summed E-state index contributed by atoms with van der Waals surface area (Å²) in [7, 11) is 0. The number of nitrogens with one attached hydrogen (secondary N) is 1. The molecule has 0 unspecified atom stereocenters. The number of rotatable bonds is 2. The lowest BCUT2D eigenvalue weighted by Gasteiger charge is -2.29.